The summed E-state index contributed by atoms with van der Waals surface area (Å²) < 4.78 is 22.9. The Labute approximate surface area is 325 Å². The van der Waals surface area contributed by atoms with Gasteiger partial charge in [-0.3, -0.25) is 14.4 Å². The summed E-state index contributed by atoms with van der Waals surface area (Å²) in [5.41, 5.74) is 2.95. The summed E-state index contributed by atoms with van der Waals surface area (Å²) in [7, 11) is 1.56. The highest BCUT2D eigenvalue weighted by Gasteiger charge is 2.58. The van der Waals surface area contributed by atoms with E-state index in [2.05, 4.69) is 19.9 Å². The molecule has 296 valence electrons. The van der Waals surface area contributed by atoms with Crippen molar-refractivity contribution < 1.29 is 43.5 Å². The second kappa shape index (κ2) is 14.1. The number of aliphatic hydroxyl groups excluding tert-OH is 1. The molecule has 2 aliphatic heterocycles. The third-order valence-electron chi connectivity index (χ3n) is 14.0. The van der Waals surface area contributed by atoms with Gasteiger partial charge in [-0.1, -0.05) is 31.6 Å². The van der Waals surface area contributed by atoms with Crippen molar-refractivity contribution in [2.24, 2.45) is 28.6 Å². The molecule has 6 aliphatic rings. The first-order chi connectivity index (χ1) is 25.8. The first-order valence-electron chi connectivity index (χ1n) is 20.1. The molecule has 0 aromatic heterocycles. The molecule has 0 radical (unpaired) electrons. The number of fused-ring (bicyclic) bond motifs is 7. The number of Topliss-reactive ketones (excluding diaryl/α,β-unsaturated/α-hetero) is 2. The van der Waals surface area contributed by atoms with Crippen LogP contribution in [0.2, 0.25) is 0 Å². The Hall–Kier alpha value is -4.11. The van der Waals surface area contributed by atoms with Gasteiger partial charge in [-0.25, -0.2) is 0 Å². The summed E-state index contributed by atoms with van der Waals surface area (Å²) >= 11 is 0. The second-order valence-corrected chi connectivity index (χ2v) is 18.4. The Bertz CT molecular complexity index is 1950. The fraction of sp³-hybridized carbons (Fsp3) is 0.587. The van der Waals surface area contributed by atoms with E-state index in [0.717, 1.165) is 50.5 Å². The van der Waals surface area contributed by atoms with Crippen molar-refractivity contribution in [2.75, 3.05) is 7.11 Å². The average molecular weight is 755 g/mol. The molecule has 7 atom stereocenters. The van der Waals surface area contributed by atoms with E-state index in [9.17, 15) is 24.6 Å². The van der Waals surface area contributed by atoms with Crippen LogP contribution in [0.25, 0.3) is 6.08 Å². The smallest absolute Gasteiger partial charge is 0.302 e. The van der Waals surface area contributed by atoms with Crippen LogP contribution in [0.4, 0.5) is 0 Å². The Kier molecular flexibility index (Phi) is 10.0. The summed E-state index contributed by atoms with van der Waals surface area (Å²) in [5, 5.41) is 20.8. The molecule has 2 heterocycles. The minimum Gasteiger partial charge on any atom is -0.507 e. The number of carbonyl (C=O) groups is 3. The number of hydrogen-bond acceptors (Lipinski definition) is 9. The molecule has 9 heteroatoms. The van der Waals surface area contributed by atoms with Gasteiger partial charge in [0.25, 0.3) is 0 Å². The summed E-state index contributed by atoms with van der Waals surface area (Å²) in [4.78, 5) is 36.8. The number of phenols is 1. The Morgan fingerprint density at radius 1 is 0.927 bits per heavy atom. The van der Waals surface area contributed by atoms with E-state index in [1.54, 1.807) is 27.0 Å². The van der Waals surface area contributed by atoms with E-state index in [1.807, 2.05) is 38.1 Å². The summed E-state index contributed by atoms with van der Waals surface area (Å²) in [5.74, 6) is 3.71. The van der Waals surface area contributed by atoms with Crippen molar-refractivity contribution in [3.63, 3.8) is 0 Å². The molecule has 8 rings (SSSR count). The number of carbonyl (C=O) groups excluding carboxylic acids is 3. The maximum atomic E-state index is 13.1. The zero-order valence-electron chi connectivity index (χ0n) is 33.8. The Balaban J connectivity index is 0.000000174. The maximum absolute atomic E-state index is 13.1. The van der Waals surface area contributed by atoms with Gasteiger partial charge in [0.15, 0.2) is 5.78 Å². The maximum Gasteiger partial charge on any atom is 0.302 e. The number of aliphatic hydroxyl groups is 1. The number of allylic oxidation sites excluding steroid dienone is 1. The average Bonchev–Trinajstić information content (AvgIpc) is 3.42. The fourth-order valence-corrected chi connectivity index (χ4v) is 10.8. The zero-order valence-corrected chi connectivity index (χ0v) is 33.8. The van der Waals surface area contributed by atoms with Gasteiger partial charge < -0.3 is 29.2 Å². The van der Waals surface area contributed by atoms with Crippen molar-refractivity contribution in [1.29, 1.82) is 0 Å². The molecule has 2 N–H and O–H groups in total. The first-order valence-corrected chi connectivity index (χ1v) is 20.1. The number of hydrogen-bond donors (Lipinski definition) is 2. The predicted octanol–water partition coefficient (Wildman–Crippen LogP) is 8.53. The van der Waals surface area contributed by atoms with Gasteiger partial charge >= 0.3 is 5.97 Å². The first kappa shape index (κ1) is 39.1. The van der Waals surface area contributed by atoms with Crippen molar-refractivity contribution in [1.82, 2.24) is 0 Å². The third kappa shape index (κ3) is 7.11. The van der Waals surface area contributed by atoms with Crippen LogP contribution in [0.1, 0.15) is 127 Å². The normalized spacial score (nSPS) is 32.0. The lowest BCUT2D eigenvalue weighted by molar-refractivity contribution is -0.148. The summed E-state index contributed by atoms with van der Waals surface area (Å²) in [6, 6.07) is 6.72. The van der Waals surface area contributed by atoms with Gasteiger partial charge in [-0.2, -0.15) is 0 Å². The van der Waals surface area contributed by atoms with E-state index in [1.165, 1.54) is 25.0 Å². The summed E-state index contributed by atoms with van der Waals surface area (Å²) in [6.07, 6.45) is 14.4. The molecular formula is C46H58O9. The Morgan fingerprint density at radius 3 is 2.38 bits per heavy atom. The SMILES string of the molecule is CC(=O)OC1CCC2(C)C(=CCC3C4CCC(=O)C4(C)CCC32)C1.COc1c(CC(=O)c2cc3c(cc2O)OC(C)(C)C(O)C3)ccc2c1C=CC(C)(C)O2. The number of phenolic OH excluding ortho intramolecular Hbond substituents is 1. The third-order valence-corrected chi connectivity index (χ3v) is 14.0. The molecule has 2 aromatic rings. The number of rotatable bonds is 5. The quantitative estimate of drug-likeness (QED) is 0.175. The topological polar surface area (TPSA) is 129 Å². The molecule has 0 spiro atoms. The lowest BCUT2D eigenvalue weighted by Crippen LogP contribution is -2.50. The minimum absolute atomic E-state index is 0.0438. The summed E-state index contributed by atoms with van der Waals surface area (Å²) in [6.45, 7) is 13.7. The standard InChI is InChI=1S/C25H28O6.C21H30O3/c1-24(2)9-8-16-20(30-24)7-6-14(23(16)29-5)11-18(26)17-10-15-12-22(28)25(3,4)31-21(15)13-19(17)27;1-13(22)24-15-8-10-20(2)14(12-15)4-5-16-17-6-7-19(23)21(17,3)11-9-18(16)20/h6-10,13,22,27-28H,11-12H2,1-5H3;4,15-18H,5-12H2,1-3H3. The van der Waals surface area contributed by atoms with Crippen LogP contribution in [0.3, 0.4) is 0 Å². The molecular weight excluding hydrogens is 696 g/mol. The van der Waals surface area contributed by atoms with E-state index in [4.69, 9.17) is 18.9 Å². The highest BCUT2D eigenvalue weighted by molar-refractivity contribution is 6.01. The highest BCUT2D eigenvalue weighted by atomic mass is 16.5. The van der Waals surface area contributed by atoms with Gasteiger partial charge in [0.05, 0.1) is 24.3 Å². The molecule has 55 heavy (non-hydrogen) atoms. The number of ketones is 2. The second-order valence-electron chi connectivity index (χ2n) is 18.4. The van der Waals surface area contributed by atoms with Crippen LogP contribution in [-0.4, -0.2) is 58.3 Å². The molecule has 4 aliphatic carbocycles. The molecule has 0 bridgehead atoms. The largest absolute Gasteiger partial charge is 0.507 e. The predicted molar refractivity (Wildman–Crippen MR) is 210 cm³/mol. The van der Waals surface area contributed by atoms with Gasteiger partial charge in [0.2, 0.25) is 0 Å². The fourth-order valence-electron chi connectivity index (χ4n) is 10.8. The van der Waals surface area contributed by atoms with Gasteiger partial charge in [-0.05, 0) is 119 Å². The van der Waals surface area contributed by atoms with Crippen molar-refractivity contribution in [3.05, 3.63) is 64.2 Å². The Morgan fingerprint density at radius 2 is 1.65 bits per heavy atom. The van der Waals surface area contributed by atoms with Gasteiger partial charge in [0, 0.05) is 49.7 Å². The highest BCUT2D eigenvalue weighted by Crippen LogP contribution is 2.64. The van der Waals surface area contributed by atoms with E-state index < -0.39 is 17.3 Å². The van der Waals surface area contributed by atoms with Crippen LogP contribution in [-0.2, 0) is 27.2 Å². The monoisotopic (exact) mass is 754 g/mol. The number of esters is 1. The van der Waals surface area contributed by atoms with Gasteiger partial charge in [0.1, 0.15) is 46.1 Å². The van der Waals surface area contributed by atoms with Crippen molar-refractivity contribution in [2.45, 2.75) is 136 Å². The minimum atomic E-state index is -0.758. The molecule has 3 fully saturated rings. The van der Waals surface area contributed by atoms with E-state index >= 15 is 0 Å². The molecule has 3 saturated carbocycles. The van der Waals surface area contributed by atoms with E-state index in [0.29, 0.717) is 58.3 Å². The number of methoxy groups -OCH3 is 1. The van der Waals surface area contributed by atoms with Crippen LogP contribution < -0.4 is 14.2 Å². The van der Waals surface area contributed by atoms with Gasteiger partial charge in [-0.15, -0.1) is 0 Å². The number of aromatic hydroxyl groups is 1. The lowest BCUT2D eigenvalue weighted by Gasteiger charge is -2.56. The number of benzene rings is 2. The molecule has 0 amide bonds. The molecule has 2 aromatic carbocycles. The van der Waals surface area contributed by atoms with Crippen molar-refractivity contribution in [3.8, 4) is 23.0 Å². The molecule has 0 saturated heterocycles. The van der Waals surface area contributed by atoms with Crippen LogP contribution in [0, 0.1) is 28.6 Å². The molecule has 7 unspecified atom stereocenters. The zero-order chi connectivity index (χ0) is 39.7. The van der Waals surface area contributed by atoms with Crippen LogP contribution in [0.15, 0.2) is 42.0 Å². The van der Waals surface area contributed by atoms with Crippen LogP contribution >= 0.6 is 0 Å². The van der Waals surface area contributed by atoms with Crippen molar-refractivity contribution >= 4 is 23.6 Å². The lowest BCUT2D eigenvalue weighted by atomic mass is 9.48. The number of ether oxygens (including phenoxy) is 4. The van der Waals surface area contributed by atoms with E-state index in [-0.39, 0.29) is 46.4 Å². The van der Waals surface area contributed by atoms with Crippen LogP contribution in [0.5, 0.6) is 23.0 Å². The molecule has 9 nitrogen and oxygen atoms in total.